The fraction of sp³-hybridized carbons (Fsp3) is 0.368. The summed E-state index contributed by atoms with van der Waals surface area (Å²) in [5.74, 6) is -0.637. The lowest BCUT2D eigenvalue weighted by molar-refractivity contribution is 0.0731. The highest BCUT2D eigenvalue weighted by atomic mass is 35.5. The molecule has 1 aliphatic heterocycles. The number of aromatic nitrogens is 2. The number of halogens is 2. The van der Waals surface area contributed by atoms with Gasteiger partial charge in [-0.2, -0.15) is 0 Å². The summed E-state index contributed by atoms with van der Waals surface area (Å²) in [6.07, 6.45) is 1.98. The lowest BCUT2D eigenvalue weighted by Crippen LogP contribution is -2.38. The van der Waals surface area contributed by atoms with Gasteiger partial charge in [0.05, 0.1) is 23.4 Å². The van der Waals surface area contributed by atoms with Gasteiger partial charge in [-0.3, -0.25) is 4.79 Å². The van der Waals surface area contributed by atoms with E-state index in [2.05, 4.69) is 15.3 Å². The molecule has 0 atom stereocenters. The maximum atomic E-state index is 13.7. The number of carbonyl (C=O) groups is 1. The first-order valence-electron chi connectivity index (χ1n) is 9.17. The van der Waals surface area contributed by atoms with Gasteiger partial charge in [-0.25, -0.2) is 9.37 Å². The number of thiazole rings is 1. The Hall–Kier alpha value is -2.16. The number of anilines is 1. The summed E-state index contributed by atoms with van der Waals surface area (Å²) in [6, 6.07) is 4.76. The molecule has 1 amide bonds. The summed E-state index contributed by atoms with van der Waals surface area (Å²) in [6.45, 7) is 1.08. The van der Waals surface area contributed by atoms with Crippen LogP contribution in [0.1, 0.15) is 33.9 Å². The van der Waals surface area contributed by atoms with Gasteiger partial charge in [0.1, 0.15) is 11.5 Å². The quantitative estimate of drug-likeness (QED) is 0.605. The van der Waals surface area contributed by atoms with E-state index in [0.29, 0.717) is 36.1 Å². The van der Waals surface area contributed by atoms with Gasteiger partial charge < -0.3 is 20.3 Å². The van der Waals surface area contributed by atoms with E-state index in [0.717, 1.165) is 28.5 Å². The zero-order valence-electron chi connectivity index (χ0n) is 14.8. The first kappa shape index (κ1) is 17.9. The molecular weight excluding hydrogens is 403 g/mol. The molecule has 2 aliphatic rings. The van der Waals surface area contributed by atoms with Gasteiger partial charge in [0.2, 0.25) is 0 Å². The van der Waals surface area contributed by atoms with Crippen LogP contribution in [0.5, 0.6) is 0 Å². The molecule has 1 saturated carbocycles. The minimum atomic E-state index is -0.501. The molecule has 28 heavy (non-hydrogen) atoms. The number of aliphatic hydroxyl groups is 1. The first-order chi connectivity index (χ1) is 13.5. The molecule has 0 bridgehead atoms. The van der Waals surface area contributed by atoms with Crippen LogP contribution >= 0.6 is 22.9 Å². The Balaban J connectivity index is 1.33. The van der Waals surface area contributed by atoms with Gasteiger partial charge in [-0.15, -0.1) is 0 Å². The monoisotopic (exact) mass is 420 g/mol. The lowest BCUT2D eigenvalue weighted by atomic mass is 9.90. The Morgan fingerprint density at radius 3 is 3.04 bits per heavy atom. The number of aromatic amines is 1. The van der Waals surface area contributed by atoms with Crippen LogP contribution in [0.15, 0.2) is 18.2 Å². The average Bonchev–Trinajstić information content (AvgIpc) is 3.26. The van der Waals surface area contributed by atoms with Crippen LogP contribution in [-0.4, -0.2) is 44.6 Å². The Kier molecular flexibility index (Phi) is 4.30. The smallest absolute Gasteiger partial charge is 0.270 e. The van der Waals surface area contributed by atoms with Crippen LogP contribution in [-0.2, 0) is 13.0 Å². The first-order valence-corrected chi connectivity index (χ1v) is 10.4. The summed E-state index contributed by atoms with van der Waals surface area (Å²) in [5, 5.41) is 14.2. The number of rotatable bonds is 3. The molecule has 3 aromatic rings. The summed E-state index contributed by atoms with van der Waals surface area (Å²) in [5.41, 5.74) is 2.06. The van der Waals surface area contributed by atoms with Crippen molar-refractivity contribution in [1.82, 2.24) is 14.9 Å². The van der Waals surface area contributed by atoms with Crippen LogP contribution in [0.3, 0.4) is 0 Å². The Morgan fingerprint density at radius 1 is 1.43 bits per heavy atom. The highest BCUT2D eigenvalue weighted by Crippen LogP contribution is 2.33. The molecule has 0 unspecified atom stereocenters. The van der Waals surface area contributed by atoms with Gasteiger partial charge in [0, 0.05) is 34.8 Å². The van der Waals surface area contributed by atoms with Crippen LogP contribution < -0.4 is 5.32 Å². The summed E-state index contributed by atoms with van der Waals surface area (Å²) < 4.78 is 13.7. The number of hydrogen-bond acceptors (Lipinski definition) is 5. The third-order valence-electron chi connectivity index (χ3n) is 5.38. The van der Waals surface area contributed by atoms with Crippen LogP contribution in [0.4, 0.5) is 9.52 Å². The summed E-state index contributed by atoms with van der Waals surface area (Å²) in [7, 11) is 0. The van der Waals surface area contributed by atoms with E-state index in [1.165, 1.54) is 6.07 Å². The van der Waals surface area contributed by atoms with Crippen molar-refractivity contribution in [1.29, 1.82) is 0 Å². The molecule has 1 fully saturated rings. The normalized spacial score (nSPS) is 21.5. The molecule has 146 valence electrons. The second-order valence-electron chi connectivity index (χ2n) is 7.34. The molecule has 2 aromatic heterocycles. The number of carbonyl (C=O) groups excluding carboxylic acids is 1. The SMILES string of the molecule is O=C(c1cc2c(Cl)c(F)ccc2[nH]1)N1CCc2nc(NC3CC(O)C3)sc2C1. The van der Waals surface area contributed by atoms with Gasteiger partial charge in [0.25, 0.3) is 5.91 Å². The number of aliphatic hydroxyl groups excluding tert-OH is 1. The van der Waals surface area contributed by atoms with Crippen LogP contribution in [0, 0.1) is 5.82 Å². The molecule has 6 nitrogen and oxygen atoms in total. The molecule has 3 N–H and O–H groups in total. The third kappa shape index (κ3) is 3.05. The van der Waals surface area contributed by atoms with Crippen molar-refractivity contribution in [3.63, 3.8) is 0 Å². The molecule has 5 rings (SSSR count). The van der Waals surface area contributed by atoms with E-state index in [9.17, 15) is 14.3 Å². The Labute approximate surface area is 169 Å². The van der Waals surface area contributed by atoms with Crippen molar-refractivity contribution in [2.24, 2.45) is 0 Å². The van der Waals surface area contributed by atoms with E-state index >= 15 is 0 Å². The van der Waals surface area contributed by atoms with E-state index < -0.39 is 5.82 Å². The highest BCUT2D eigenvalue weighted by Gasteiger charge is 2.30. The van der Waals surface area contributed by atoms with Crippen molar-refractivity contribution in [3.05, 3.63) is 45.3 Å². The largest absolute Gasteiger partial charge is 0.393 e. The molecular formula is C19H18ClFN4O2S. The minimum Gasteiger partial charge on any atom is -0.393 e. The summed E-state index contributed by atoms with van der Waals surface area (Å²) >= 11 is 7.58. The fourth-order valence-corrected chi connectivity index (χ4v) is 5.06. The van der Waals surface area contributed by atoms with Crippen LogP contribution in [0.25, 0.3) is 10.9 Å². The second kappa shape index (κ2) is 6.72. The van der Waals surface area contributed by atoms with E-state index in [1.807, 2.05) is 0 Å². The number of nitrogens with one attached hydrogen (secondary N) is 2. The number of H-pyrrole nitrogens is 1. The average molecular weight is 421 g/mol. The number of amides is 1. The number of benzene rings is 1. The molecule has 9 heteroatoms. The third-order valence-corrected chi connectivity index (χ3v) is 6.78. The fourth-order valence-electron chi connectivity index (χ4n) is 3.74. The molecule has 1 aromatic carbocycles. The van der Waals surface area contributed by atoms with E-state index in [1.54, 1.807) is 28.4 Å². The van der Waals surface area contributed by atoms with E-state index in [-0.39, 0.29) is 23.1 Å². The van der Waals surface area contributed by atoms with Gasteiger partial charge >= 0.3 is 0 Å². The lowest BCUT2D eigenvalue weighted by Gasteiger charge is -2.31. The number of nitrogens with zero attached hydrogens (tertiary/aromatic N) is 2. The molecule has 0 saturated heterocycles. The number of fused-ring (bicyclic) bond motifs is 2. The van der Waals surface area contributed by atoms with Crippen molar-refractivity contribution >= 4 is 44.9 Å². The molecule has 0 radical (unpaired) electrons. The van der Waals surface area contributed by atoms with Crippen molar-refractivity contribution < 1.29 is 14.3 Å². The second-order valence-corrected chi connectivity index (χ2v) is 8.80. The standard InChI is InChI=1S/C19H18ClFN4O2S/c20-17-11-7-15(23-13(11)2-1-12(17)21)18(27)25-4-3-14-16(8-25)28-19(24-14)22-9-5-10(26)6-9/h1-2,7,9-10,23,26H,3-6,8H2,(H,22,24). The maximum absolute atomic E-state index is 13.7. The Bertz CT molecular complexity index is 1080. The maximum Gasteiger partial charge on any atom is 0.270 e. The van der Waals surface area contributed by atoms with Crippen molar-refractivity contribution in [2.75, 3.05) is 11.9 Å². The van der Waals surface area contributed by atoms with E-state index in [4.69, 9.17) is 11.6 Å². The zero-order valence-corrected chi connectivity index (χ0v) is 16.4. The van der Waals surface area contributed by atoms with Gasteiger partial charge in [0.15, 0.2) is 5.13 Å². The van der Waals surface area contributed by atoms with Crippen molar-refractivity contribution in [3.8, 4) is 0 Å². The highest BCUT2D eigenvalue weighted by molar-refractivity contribution is 7.15. The molecule has 3 heterocycles. The van der Waals surface area contributed by atoms with Crippen molar-refractivity contribution in [2.45, 2.75) is 38.0 Å². The molecule has 0 spiro atoms. The molecule has 1 aliphatic carbocycles. The van der Waals surface area contributed by atoms with Gasteiger partial charge in [-0.05, 0) is 31.0 Å². The Morgan fingerprint density at radius 2 is 2.25 bits per heavy atom. The zero-order chi connectivity index (χ0) is 19.4. The van der Waals surface area contributed by atoms with Gasteiger partial charge in [-0.1, -0.05) is 22.9 Å². The topological polar surface area (TPSA) is 81.2 Å². The predicted molar refractivity (Wildman–Crippen MR) is 106 cm³/mol. The summed E-state index contributed by atoms with van der Waals surface area (Å²) in [4.78, 5) is 23.5. The number of hydrogen-bond donors (Lipinski definition) is 3. The predicted octanol–water partition coefficient (Wildman–Crippen LogP) is 3.55. The minimum absolute atomic E-state index is 0.0213. The van der Waals surface area contributed by atoms with Crippen LogP contribution in [0.2, 0.25) is 5.02 Å².